The third-order valence-electron chi connectivity index (χ3n) is 2.69. The molecule has 0 aliphatic carbocycles. The van der Waals surface area contributed by atoms with E-state index in [4.69, 9.17) is 16.6 Å². The number of carboxylic acids is 1. The van der Waals surface area contributed by atoms with E-state index < -0.39 is 29.7 Å². The number of aliphatic carboxylic acids is 1. The maximum Gasteiger partial charge on any atom is 0.326 e. The fourth-order valence-corrected chi connectivity index (χ4v) is 1.60. The summed E-state index contributed by atoms with van der Waals surface area (Å²) < 4.78 is 0. The van der Waals surface area contributed by atoms with Crippen molar-refractivity contribution in [1.82, 2.24) is 5.32 Å². The first-order valence-electron chi connectivity index (χ1n) is 6.03. The van der Waals surface area contributed by atoms with Crippen LogP contribution in [0.15, 0.2) is 24.3 Å². The smallest absolute Gasteiger partial charge is 0.326 e. The van der Waals surface area contributed by atoms with Crippen molar-refractivity contribution in [2.75, 3.05) is 0 Å². The highest BCUT2D eigenvalue weighted by molar-refractivity contribution is 6.00. The van der Waals surface area contributed by atoms with Crippen molar-refractivity contribution in [3.63, 3.8) is 0 Å². The van der Waals surface area contributed by atoms with Crippen LogP contribution < -0.4 is 16.8 Å². The van der Waals surface area contributed by atoms with Crippen LogP contribution in [0.4, 0.5) is 0 Å². The van der Waals surface area contributed by atoms with Crippen molar-refractivity contribution in [1.29, 1.82) is 0 Å². The van der Waals surface area contributed by atoms with Gasteiger partial charge in [-0.1, -0.05) is 6.07 Å². The number of rotatable bonds is 7. The van der Waals surface area contributed by atoms with Gasteiger partial charge in [0, 0.05) is 17.5 Å². The molecule has 0 heterocycles. The van der Waals surface area contributed by atoms with Crippen molar-refractivity contribution in [2.45, 2.75) is 18.9 Å². The summed E-state index contributed by atoms with van der Waals surface area (Å²) in [7, 11) is 0. The molecule has 0 aromatic heterocycles. The first-order chi connectivity index (χ1) is 9.81. The van der Waals surface area contributed by atoms with Crippen LogP contribution in [0.1, 0.15) is 33.6 Å². The lowest BCUT2D eigenvalue weighted by Gasteiger charge is -2.13. The molecule has 6 N–H and O–H groups in total. The van der Waals surface area contributed by atoms with Crippen LogP contribution in [0.5, 0.6) is 0 Å². The predicted molar refractivity (Wildman–Crippen MR) is 72.3 cm³/mol. The summed E-state index contributed by atoms with van der Waals surface area (Å²) in [4.78, 5) is 44.6. The lowest BCUT2D eigenvalue weighted by molar-refractivity contribution is -0.139. The Bertz CT molecular complexity index is 585. The van der Waals surface area contributed by atoms with Crippen LogP contribution in [-0.2, 0) is 9.59 Å². The molecule has 0 spiro atoms. The number of primary amides is 2. The van der Waals surface area contributed by atoms with Gasteiger partial charge in [-0.2, -0.15) is 0 Å². The fraction of sp³-hybridized carbons (Fsp3) is 0.231. The monoisotopic (exact) mass is 293 g/mol. The fourth-order valence-electron chi connectivity index (χ4n) is 1.60. The van der Waals surface area contributed by atoms with Crippen LogP contribution in [0.2, 0.25) is 0 Å². The third-order valence-corrected chi connectivity index (χ3v) is 2.69. The zero-order valence-electron chi connectivity index (χ0n) is 11.0. The summed E-state index contributed by atoms with van der Waals surface area (Å²) >= 11 is 0. The molecule has 0 aliphatic rings. The molecular weight excluding hydrogens is 278 g/mol. The largest absolute Gasteiger partial charge is 0.480 e. The average Bonchev–Trinajstić information content (AvgIpc) is 2.42. The Kier molecular flexibility index (Phi) is 5.41. The minimum Gasteiger partial charge on any atom is -0.480 e. The lowest BCUT2D eigenvalue weighted by Crippen LogP contribution is -2.41. The van der Waals surface area contributed by atoms with E-state index >= 15 is 0 Å². The Balaban J connectivity index is 2.82. The number of benzene rings is 1. The topological polar surface area (TPSA) is 153 Å². The molecule has 112 valence electrons. The van der Waals surface area contributed by atoms with Gasteiger partial charge in [0.15, 0.2) is 0 Å². The molecule has 0 unspecified atom stereocenters. The molecular formula is C13H15N3O5. The summed E-state index contributed by atoms with van der Waals surface area (Å²) in [5.41, 5.74) is 10.3. The standard InChI is InChI=1S/C13H15N3O5/c14-10(17)5-4-9(13(20)21)16-12(19)8-3-1-2-7(6-8)11(15)18/h1-3,6,9H,4-5H2,(H2,14,17)(H2,15,18)(H,16,19)(H,20,21)/t9-/m0/s1. The Morgan fingerprint density at radius 2 is 1.76 bits per heavy atom. The second kappa shape index (κ2) is 7.04. The van der Waals surface area contributed by atoms with Gasteiger partial charge in [0.05, 0.1) is 0 Å². The van der Waals surface area contributed by atoms with Gasteiger partial charge < -0.3 is 21.9 Å². The first-order valence-corrected chi connectivity index (χ1v) is 6.03. The van der Waals surface area contributed by atoms with E-state index in [9.17, 15) is 19.2 Å². The number of nitrogens with one attached hydrogen (secondary N) is 1. The maximum atomic E-state index is 11.9. The zero-order chi connectivity index (χ0) is 16.0. The number of hydrogen-bond donors (Lipinski definition) is 4. The molecule has 0 bridgehead atoms. The molecule has 1 atom stereocenters. The molecule has 0 aliphatic heterocycles. The summed E-state index contributed by atoms with van der Waals surface area (Å²) in [5.74, 6) is -3.33. The summed E-state index contributed by atoms with van der Waals surface area (Å²) in [6.45, 7) is 0. The number of carboxylic acid groups (broad SMARTS) is 1. The third kappa shape index (κ3) is 4.94. The van der Waals surface area contributed by atoms with Crippen molar-refractivity contribution in [2.24, 2.45) is 11.5 Å². The molecule has 3 amide bonds. The molecule has 0 fully saturated rings. The Morgan fingerprint density at radius 1 is 1.14 bits per heavy atom. The molecule has 0 saturated heterocycles. The van der Waals surface area contributed by atoms with E-state index in [1.165, 1.54) is 24.3 Å². The number of nitrogens with two attached hydrogens (primary N) is 2. The Morgan fingerprint density at radius 3 is 2.29 bits per heavy atom. The van der Waals surface area contributed by atoms with E-state index in [0.717, 1.165) is 0 Å². The molecule has 1 aromatic carbocycles. The van der Waals surface area contributed by atoms with Crippen LogP contribution in [0.25, 0.3) is 0 Å². The minimum absolute atomic E-state index is 0.0941. The quantitative estimate of drug-likeness (QED) is 0.520. The van der Waals surface area contributed by atoms with Crippen LogP contribution in [0.3, 0.4) is 0 Å². The highest BCUT2D eigenvalue weighted by Gasteiger charge is 2.21. The SMILES string of the molecule is NC(=O)CC[C@H](NC(=O)c1cccc(C(N)=O)c1)C(=O)O. The van der Waals surface area contributed by atoms with Crippen molar-refractivity contribution in [3.05, 3.63) is 35.4 Å². The zero-order valence-corrected chi connectivity index (χ0v) is 11.0. The van der Waals surface area contributed by atoms with Gasteiger partial charge in [0.25, 0.3) is 5.91 Å². The summed E-state index contributed by atoms with van der Waals surface area (Å²) in [5, 5.41) is 11.2. The summed E-state index contributed by atoms with van der Waals surface area (Å²) in [6.07, 6.45) is -0.287. The van der Waals surface area contributed by atoms with E-state index in [0.29, 0.717) is 0 Å². The molecule has 1 aromatic rings. The molecule has 0 radical (unpaired) electrons. The van der Waals surface area contributed by atoms with Gasteiger partial charge in [-0.3, -0.25) is 14.4 Å². The van der Waals surface area contributed by atoms with E-state index in [-0.39, 0.29) is 24.0 Å². The van der Waals surface area contributed by atoms with Gasteiger partial charge in [-0.25, -0.2) is 4.79 Å². The highest BCUT2D eigenvalue weighted by Crippen LogP contribution is 2.06. The second-order valence-electron chi connectivity index (χ2n) is 4.31. The maximum absolute atomic E-state index is 11.9. The molecule has 8 nitrogen and oxygen atoms in total. The normalized spacial score (nSPS) is 11.4. The second-order valence-corrected chi connectivity index (χ2v) is 4.31. The van der Waals surface area contributed by atoms with Gasteiger partial charge in [-0.05, 0) is 24.6 Å². The van der Waals surface area contributed by atoms with Gasteiger partial charge in [0.1, 0.15) is 6.04 Å². The molecule has 21 heavy (non-hydrogen) atoms. The Labute approximate surface area is 120 Å². The van der Waals surface area contributed by atoms with E-state index in [1.807, 2.05) is 0 Å². The molecule has 8 heteroatoms. The molecule has 1 rings (SSSR count). The van der Waals surface area contributed by atoms with Gasteiger partial charge in [-0.15, -0.1) is 0 Å². The number of carbonyl (C=O) groups is 4. The van der Waals surface area contributed by atoms with E-state index in [1.54, 1.807) is 0 Å². The molecule has 0 saturated carbocycles. The van der Waals surface area contributed by atoms with Crippen molar-refractivity contribution >= 4 is 23.7 Å². The minimum atomic E-state index is -1.28. The van der Waals surface area contributed by atoms with Crippen LogP contribution in [-0.4, -0.2) is 34.8 Å². The number of amides is 3. The van der Waals surface area contributed by atoms with Crippen LogP contribution >= 0.6 is 0 Å². The van der Waals surface area contributed by atoms with Gasteiger partial charge >= 0.3 is 5.97 Å². The highest BCUT2D eigenvalue weighted by atomic mass is 16.4. The van der Waals surface area contributed by atoms with Gasteiger partial charge in [0.2, 0.25) is 11.8 Å². The number of hydrogen-bond acceptors (Lipinski definition) is 4. The predicted octanol–water partition coefficient (Wildman–Crippen LogP) is -0.766. The van der Waals surface area contributed by atoms with E-state index in [2.05, 4.69) is 5.32 Å². The summed E-state index contributed by atoms with van der Waals surface area (Å²) in [6, 6.07) is 4.30. The van der Waals surface area contributed by atoms with Crippen molar-refractivity contribution < 1.29 is 24.3 Å². The number of carbonyl (C=O) groups excluding carboxylic acids is 3. The lowest BCUT2D eigenvalue weighted by atomic mass is 10.1. The Hall–Kier alpha value is -2.90. The van der Waals surface area contributed by atoms with Crippen LogP contribution in [0, 0.1) is 0 Å². The average molecular weight is 293 g/mol. The van der Waals surface area contributed by atoms with Crippen molar-refractivity contribution in [3.8, 4) is 0 Å². The first kappa shape index (κ1) is 16.2.